The summed E-state index contributed by atoms with van der Waals surface area (Å²) in [6.07, 6.45) is 0. The number of carbonyl (C=O) groups excluding carboxylic acids is 1. The first-order valence-corrected chi connectivity index (χ1v) is 7.59. The maximum atomic E-state index is 12.7. The van der Waals surface area contributed by atoms with Crippen molar-refractivity contribution in [3.05, 3.63) is 58.1 Å². The summed E-state index contributed by atoms with van der Waals surface area (Å²) in [5.74, 6) is 0.813. The Kier molecular flexibility index (Phi) is 5.09. The SMILES string of the molecule is Cc1cc(OCC(C)C)c(C(=O)c2ccc(N)cc2)cc1Cl. The Morgan fingerprint density at radius 2 is 1.86 bits per heavy atom. The second kappa shape index (κ2) is 6.84. The van der Waals surface area contributed by atoms with Crippen LogP contribution in [0.5, 0.6) is 5.75 Å². The van der Waals surface area contributed by atoms with E-state index in [-0.39, 0.29) is 5.78 Å². The summed E-state index contributed by atoms with van der Waals surface area (Å²) in [6.45, 7) is 6.56. The molecule has 0 aliphatic heterocycles. The third-order valence-corrected chi connectivity index (χ3v) is 3.66. The summed E-state index contributed by atoms with van der Waals surface area (Å²) in [5, 5.41) is 0.552. The van der Waals surface area contributed by atoms with E-state index in [0.29, 0.717) is 40.1 Å². The molecule has 0 atom stereocenters. The Morgan fingerprint density at radius 1 is 1.23 bits per heavy atom. The molecule has 2 rings (SSSR count). The van der Waals surface area contributed by atoms with Crippen molar-refractivity contribution in [3.8, 4) is 5.75 Å². The van der Waals surface area contributed by atoms with Crippen LogP contribution in [0.2, 0.25) is 5.02 Å². The number of anilines is 1. The van der Waals surface area contributed by atoms with Crippen molar-refractivity contribution < 1.29 is 9.53 Å². The lowest BCUT2D eigenvalue weighted by Gasteiger charge is -2.14. The molecule has 2 N–H and O–H groups in total. The molecule has 0 fully saturated rings. The molecule has 0 spiro atoms. The van der Waals surface area contributed by atoms with Crippen molar-refractivity contribution >= 4 is 23.1 Å². The lowest BCUT2D eigenvalue weighted by molar-refractivity contribution is 0.103. The van der Waals surface area contributed by atoms with Gasteiger partial charge in [0.15, 0.2) is 5.78 Å². The Balaban J connectivity index is 2.41. The van der Waals surface area contributed by atoms with Gasteiger partial charge in [-0.1, -0.05) is 25.4 Å². The molecule has 0 amide bonds. The first-order chi connectivity index (χ1) is 10.4. The normalized spacial score (nSPS) is 10.8. The summed E-state index contributed by atoms with van der Waals surface area (Å²) < 4.78 is 5.80. The van der Waals surface area contributed by atoms with Crippen LogP contribution in [0.1, 0.15) is 35.3 Å². The van der Waals surface area contributed by atoms with Gasteiger partial charge >= 0.3 is 0 Å². The number of nitrogens with two attached hydrogens (primary N) is 1. The Morgan fingerprint density at radius 3 is 2.45 bits per heavy atom. The van der Waals surface area contributed by atoms with Crippen molar-refractivity contribution in [2.24, 2.45) is 5.92 Å². The van der Waals surface area contributed by atoms with E-state index in [1.54, 1.807) is 30.3 Å². The molecule has 0 aliphatic carbocycles. The minimum atomic E-state index is -0.124. The van der Waals surface area contributed by atoms with Crippen LogP contribution in [0.3, 0.4) is 0 Å². The standard InChI is InChI=1S/C18H20ClNO2/c1-11(2)10-22-17-8-12(3)16(19)9-15(17)18(21)13-4-6-14(20)7-5-13/h4-9,11H,10,20H2,1-3H3. The summed E-state index contributed by atoms with van der Waals surface area (Å²) in [4.78, 5) is 12.7. The maximum Gasteiger partial charge on any atom is 0.196 e. The highest BCUT2D eigenvalue weighted by Crippen LogP contribution is 2.29. The van der Waals surface area contributed by atoms with E-state index in [0.717, 1.165) is 5.56 Å². The largest absolute Gasteiger partial charge is 0.493 e. The van der Waals surface area contributed by atoms with Crippen LogP contribution in [0.15, 0.2) is 36.4 Å². The number of rotatable bonds is 5. The van der Waals surface area contributed by atoms with E-state index < -0.39 is 0 Å². The van der Waals surface area contributed by atoms with Gasteiger partial charge in [0.25, 0.3) is 0 Å². The van der Waals surface area contributed by atoms with Crippen molar-refractivity contribution in [1.82, 2.24) is 0 Å². The highest BCUT2D eigenvalue weighted by molar-refractivity contribution is 6.32. The average molecular weight is 318 g/mol. The van der Waals surface area contributed by atoms with Gasteiger partial charge in [-0.05, 0) is 54.8 Å². The zero-order chi connectivity index (χ0) is 16.3. The molecule has 0 aromatic heterocycles. The van der Waals surface area contributed by atoms with E-state index in [1.807, 2.05) is 13.0 Å². The Hall–Kier alpha value is -2.00. The zero-order valence-electron chi connectivity index (χ0n) is 13.0. The number of hydrogen-bond acceptors (Lipinski definition) is 3. The second-order valence-corrected chi connectivity index (χ2v) is 6.16. The molecular formula is C18H20ClNO2. The molecule has 3 nitrogen and oxygen atoms in total. The van der Waals surface area contributed by atoms with Gasteiger partial charge in [0.2, 0.25) is 0 Å². The van der Waals surface area contributed by atoms with Crippen molar-refractivity contribution in [2.75, 3.05) is 12.3 Å². The first kappa shape index (κ1) is 16.4. The fourth-order valence-electron chi connectivity index (χ4n) is 2.00. The molecule has 0 saturated heterocycles. The topological polar surface area (TPSA) is 52.3 Å². The van der Waals surface area contributed by atoms with E-state index >= 15 is 0 Å². The molecule has 22 heavy (non-hydrogen) atoms. The van der Waals surface area contributed by atoms with Crippen LogP contribution >= 0.6 is 11.6 Å². The predicted molar refractivity (Wildman–Crippen MR) is 90.8 cm³/mol. The zero-order valence-corrected chi connectivity index (χ0v) is 13.8. The molecular weight excluding hydrogens is 298 g/mol. The summed E-state index contributed by atoms with van der Waals surface area (Å²) in [5.41, 5.74) is 8.20. The highest BCUT2D eigenvalue weighted by Gasteiger charge is 2.17. The molecule has 2 aromatic carbocycles. The molecule has 0 saturated carbocycles. The van der Waals surface area contributed by atoms with Crippen LogP contribution in [0.4, 0.5) is 5.69 Å². The molecule has 0 radical (unpaired) electrons. The second-order valence-electron chi connectivity index (χ2n) is 5.75. The number of halogens is 1. The van der Waals surface area contributed by atoms with Crippen LogP contribution in [-0.4, -0.2) is 12.4 Å². The van der Waals surface area contributed by atoms with Gasteiger partial charge in [0.05, 0.1) is 12.2 Å². The molecule has 2 aromatic rings. The molecule has 0 unspecified atom stereocenters. The molecule has 0 heterocycles. The molecule has 0 aliphatic rings. The average Bonchev–Trinajstić information content (AvgIpc) is 2.48. The number of benzene rings is 2. The molecule has 116 valence electrons. The van der Waals surface area contributed by atoms with Crippen LogP contribution in [0, 0.1) is 12.8 Å². The number of ketones is 1. The monoisotopic (exact) mass is 317 g/mol. The third-order valence-electron chi connectivity index (χ3n) is 3.25. The van der Waals surface area contributed by atoms with Crippen molar-refractivity contribution in [2.45, 2.75) is 20.8 Å². The van der Waals surface area contributed by atoms with E-state index in [2.05, 4.69) is 13.8 Å². The Bertz CT molecular complexity index is 678. The first-order valence-electron chi connectivity index (χ1n) is 7.21. The van der Waals surface area contributed by atoms with Gasteiger partial charge in [0, 0.05) is 16.3 Å². The minimum Gasteiger partial charge on any atom is -0.493 e. The number of ether oxygens (including phenoxy) is 1. The van der Waals surface area contributed by atoms with Gasteiger partial charge in [-0.15, -0.1) is 0 Å². The molecule has 4 heteroatoms. The van der Waals surface area contributed by atoms with E-state index in [1.165, 1.54) is 0 Å². The minimum absolute atomic E-state index is 0.124. The van der Waals surface area contributed by atoms with Crippen molar-refractivity contribution in [1.29, 1.82) is 0 Å². The number of nitrogen functional groups attached to an aromatic ring is 1. The van der Waals surface area contributed by atoms with E-state index in [4.69, 9.17) is 22.1 Å². The van der Waals surface area contributed by atoms with Gasteiger partial charge in [-0.2, -0.15) is 0 Å². The van der Waals surface area contributed by atoms with Crippen LogP contribution in [0.25, 0.3) is 0 Å². The lowest BCUT2D eigenvalue weighted by atomic mass is 10.0. The fourth-order valence-corrected chi connectivity index (χ4v) is 2.16. The molecule has 0 bridgehead atoms. The summed E-state index contributed by atoms with van der Waals surface area (Å²) in [7, 11) is 0. The predicted octanol–water partition coefficient (Wildman–Crippen LogP) is 4.50. The lowest BCUT2D eigenvalue weighted by Crippen LogP contribution is -2.10. The Labute approximate surface area is 136 Å². The third kappa shape index (κ3) is 3.80. The van der Waals surface area contributed by atoms with Crippen LogP contribution < -0.4 is 10.5 Å². The smallest absolute Gasteiger partial charge is 0.196 e. The fraction of sp³-hybridized carbons (Fsp3) is 0.278. The quantitative estimate of drug-likeness (QED) is 0.652. The number of carbonyl (C=O) groups is 1. The maximum absolute atomic E-state index is 12.7. The number of aryl methyl sites for hydroxylation is 1. The number of hydrogen-bond donors (Lipinski definition) is 1. The summed E-state index contributed by atoms with van der Waals surface area (Å²) in [6, 6.07) is 10.3. The highest BCUT2D eigenvalue weighted by atomic mass is 35.5. The van der Waals surface area contributed by atoms with Gasteiger partial charge < -0.3 is 10.5 Å². The van der Waals surface area contributed by atoms with E-state index in [9.17, 15) is 4.79 Å². The summed E-state index contributed by atoms with van der Waals surface area (Å²) >= 11 is 6.18. The van der Waals surface area contributed by atoms with Crippen molar-refractivity contribution in [3.63, 3.8) is 0 Å². The van der Waals surface area contributed by atoms with Gasteiger partial charge in [-0.25, -0.2) is 0 Å². The van der Waals surface area contributed by atoms with Gasteiger partial charge in [0.1, 0.15) is 5.75 Å². The van der Waals surface area contributed by atoms with Crippen LogP contribution in [-0.2, 0) is 0 Å². The van der Waals surface area contributed by atoms with Gasteiger partial charge in [-0.3, -0.25) is 4.79 Å².